The van der Waals surface area contributed by atoms with Gasteiger partial charge in [0.15, 0.2) is 0 Å². The lowest BCUT2D eigenvalue weighted by atomic mass is 10.0. The molecule has 1 amide bonds. The van der Waals surface area contributed by atoms with Gasteiger partial charge < -0.3 is 10.4 Å². The Morgan fingerprint density at radius 3 is 2.27 bits per heavy atom. The van der Waals surface area contributed by atoms with Gasteiger partial charge in [-0.05, 0) is 31.2 Å². The fourth-order valence-electron chi connectivity index (χ4n) is 2.50. The molecule has 2 N–H and O–H groups in total. The van der Waals surface area contributed by atoms with Crippen molar-refractivity contribution in [3.05, 3.63) is 66.2 Å². The number of aliphatic hydroxyl groups excluding tert-OH is 1. The quantitative estimate of drug-likeness (QED) is 0.826. The maximum Gasteiger partial charge on any atom is 0.238 e. The van der Waals surface area contributed by atoms with Crippen LogP contribution in [0.15, 0.2) is 60.7 Å². The number of carbonyl (C=O) groups excluding carboxylic acids is 1. The van der Waals surface area contributed by atoms with E-state index >= 15 is 0 Å². The first kappa shape index (κ1) is 16.2. The first-order chi connectivity index (χ1) is 10.7. The maximum atomic E-state index is 12.1. The van der Waals surface area contributed by atoms with Crippen LogP contribution >= 0.6 is 0 Å². The molecule has 2 aromatic carbocycles. The van der Waals surface area contributed by atoms with Gasteiger partial charge in [-0.25, -0.2) is 0 Å². The summed E-state index contributed by atoms with van der Waals surface area (Å²) >= 11 is 0. The molecule has 0 aliphatic heterocycles. The van der Waals surface area contributed by atoms with Gasteiger partial charge in [0, 0.05) is 18.3 Å². The molecule has 0 fully saturated rings. The van der Waals surface area contributed by atoms with Crippen LogP contribution < -0.4 is 5.32 Å². The minimum Gasteiger partial charge on any atom is -0.396 e. The summed E-state index contributed by atoms with van der Waals surface area (Å²) in [5.41, 5.74) is 1.89. The standard InChI is InChI=1S/C18H22N2O2/c1-20(14-18(22)19-16-10-6-3-7-11-16)17(12-13-21)15-8-4-2-5-9-15/h2-11,17,21H,12-14H2,1H3,(H,19,22). The van der Waals surface area contributed by atoms with Gasteiger partial charge in [-0.3, -0.25) is 9.69 Å². The average molecular weight is 298 g/mol. The van der Waals surface area contributed by atoms with E-state index in [9.17, 15) is 9.90 Å². The third-order valence-electron chi connectivity index (χ3n) is 3.57. The smallest absolute Gasteiger partial charge is 0.238 e. The highest BCUT2D eigenvalue weighted by atomic mass is 16.3. The number of carbonyl (C=O) groups is 1. The first-order valence-corrected chi connectivity index (χ1v) is 7.41. The van der Waals surface area contributed by atoms with Gasteiger partial charge in [0.2, 0.25) is 5.91 Å². The van der Waals surface area contributed by atoms with E-state index in [0.717, 1.165) is 11.3 Å². The summed E-state index contributed by atoms with van der Waals surface area (Å²) in [5.74, 6) is -0.0624. The summed E-state index contributed by atoms with van der Waals surface area (Å²) in [6, 6.07) is 19.4. The van der Waals surface area contributed by atoms with Crippen molar-refractivity contribution < 1.29 is 9.90 Å². The number of anilines is 1. The summed E-state index contributed by atoms with van der Waals surface area (Å²) < 4.78 is 0. The Bertz CT molecular complexity index is 572. The molecule has 1 unspecified atom stereocenters. The van der Waals surface area contributed by atoms with Crippen molar-refractivity contribution in [3.8, 4) is 0 Å². The van der Waals surface area contributed by atoms with Crippen LogP contribution in [0.1, 0.15) is 18.0 Å². The van der Waals surface area contributed by atoms with Crippen molar-refractivity contribution in [2.45, 2.75) is 12.5 Å². The van der Waals surface area contributed by atoms with Crippen LogP contribution in [0, 0.1) is 0 Å². The monoisotopic (exact) mass is 298 g/mol. The second-order valence-electron chi connectivity index (χ2n) is 5.27. The Hall–Kier alpha value is -2.17. The number of benzene rings is 2. The first-order valence-electron chi connectivity index (χ1n) is 7.41. The number of nitrogens with one attached hydrogen (secondary N) is 1. The highest BCUT2D eigenvalue weighted by Gasteiger charge is 2.18. The molecule has 0 heterocycles. The Morgan fingerprint density at radius 1 is 1.09 bits per heavy atom. The highest BCUT2D eigenvalue weighted by molar-refractivity contribution is 5.92. The van der Waals surface area contributed by atoms with Gasteiger partial charge in [-0.1, -0.05) is 48.5 Å². The molecule has 0 bridgehead atoms. The number of nitrogens with zero attached hydrogens (tertiary/aromatic N) is 1. The number of likely N-dealkylation sites (N-methyl/N-ethyl adjacent to an activating group) is 1. The molecule has 0 spiro atoms. The Kier molecular flexibility index (Phi) is 6.13. The van der Waals surface area contributed by atoms with Gasteiger partial charge in [-0.15, -0.1) is 0 Å². The normalized spacial score (nSPS) is 12.1. The van der Waals surface area contributed by atoms with Gasteiger partial charge in [0.25, 0.3) is 0 Å². The SMILES string of the molecule is CN(CC(=O)Nc1ccccc1)C(CCO)c1ccccc1. The lowest BCUT2D eigenvalue weighted by Gasteiger charge is -2.27. The predicted molar refractivity (Wildman–Crippen MR) is 88.6 cm³/mol. The lowest BCUT2D eigenvalue weighted by Crippen LogP contribution is -2.33. The van der Waals surface area contributed by atoms with E-state index in [2.05, 4.69) is 5.32 Å². The van der Waals surface area contributed by atoms with E-state index < -0.39 is 0 Å². The molecule has 2 rings (SSSR count). The summed E-state index contributed by atoms with van der Waals surface area (Å²) in [7, 11) is 1.90. The molecular formula is C18H22N2O2. The summed E-state index contributed by atoms with van der Waals surface area (Å²) in [6.45, 7) is 0.360. The van der Waals surface area contributed by atoms with Crippen LogP contribution in [0.3, 0.4) is 0 Å². The molecule has 4 heteroatoms. The van der Waals surface area contributed by atoms with Crippen LogP contribution in [0.5, 0.6) is 0 Å². The minimum absolute atomic E-state index is 0.0210. The van der Waals surface area contributed by atoms with Gasteiger partial charge in [-0.2, -0.15) is 0 Å². The molecule has 1 atom stereocenters. The van der Waals surface area contributed by atoms with Crippen molar-refractivity contribution in [3.63, 3.8) is 0 Å². The lowest BCUT2D eigenvalue weighted by molar-refractivity contribution is -0.117. The molecule has 0 saturated heterocycles. The Morgan fingerprint density at radius 2 is 1.68 bits per heavy atom. The number of para-hydroxylation sites is 1. The van der Waals surface area contributed by atoms with Crippen LogP contribution in [-0.2, 0) is 4.79 Å². The molecule has 0 saturated carbocycles. The average Bonchev–Trinajstić information content (AvgIpc) is 2.54. The topological polar surface area (TPSA) is 52.6 Å². The van der Waals surface area contributed by atoms with Crippen LogP contribution in [-0.4, -0.2) is 36.1 Å². The molecule has 2 aromatic rings. The molecular weight excluding hydrogens is 276 g/mol. The molecule has 0 aromatic heterocycles. The molecule has 4 nitrogen and oxygen atoms in total. The number of aliphatic hydroxyl groups is 1. The Labute approximate surface area is 131 Å². The van der Waals surface area contributed by atoms with Crippen molar-refractivity contribution in [2.75, 3.05) is 25.5 Å². The van der Waals surface area contributed by atoms with Gasteiger partial charge >= 0.3 is 0 Å². The predicted octanol–water partition coefficient (Wildman–Crippen LogP) is 2.68. The second-order valence-corrected chi connectivity index (χ2v) is 5.27. The molecule has 0 aliphatic carbocycles. The third kappa shape index (κ3) is 4.69. The summed E-state index contributed by atoms with van der Waals surface area (Å²) in [5, 5.41) is 12.2. The highest BCUT2D eigenvalue weighted by Crippen LogP contribution is 2.22. The van der Waals surface area contributed by atoms with Gasteiger partial charge in [0.1, 0.15) is 0 Å². The summed E-state index contributed by atoms with van der Waals surface area (Å²) in [6.07, 6.45) is 0.596. The second kappa shape index (κ2) is 8.32. The number of rotatable bonds is 7. The van der Waals surface area contributed by atoms with Crippen molar-refractivity contribution >= 4 is 11.6 Å². The zero-order chi connectivity index (χ0) is 15.8. The van der Waals surface area contributed by atoms with E-state index in [4.69, 9.17) is 0 Å². The van der Waals surface area contributed by atoms with Gasteiger partial charge in [0.05, 0.1) is 6.54 Å². The summed E-state index contributed by atoms with van der Waals surface area (Å²) in [4.78, 5) is 14.1. The van der Waals surface area contributed by atoms with Crippen LogP contribution in [0.4, 0.5) is 5.69 Å². The van der Waals surface area contributed by atoms with Crippen molar-refractivity contribution in [2.24, 2.45) is 0 Å². The third-order valence-corrected chi connectivity index (χ3v) is 3.57. The van der Waals surface area contributed by atoms with E-state index in [-0.39, 0.29) is 25.1 Å². The van der Waals surface area contributed by atoms with Crippen molar-refractivity contribution in [1.82, 2.24) is 4.90 Å². The van der Waals surface area contributed by atoms with E-state index in [1.54, 1.807) is 0 Å². The fraction of sp³-hybridized carbons (Fsp3) is 0.278. The largest absolute Gasteiger partial charge is 0.396 e. The molecule has 0 radical (unpaired) electrons. The van der Waals surface area contributed by atoms with Crippen LogP contribution in [0.2, 0.25) is 0 Å². The fourth-order valence-corrected chi connectivity index (χ4v) is 2.50. The Balaban J connectivity index is 1.99. The maximum absolute atomic E-state index is 12.1. The minimum atomic E-state index is -0.0624. The zero-order valence-corrected chi connectivity index (χ0v) is 12.8. The zero-order valence-electron chi connectivity index (χ0n) is 12.8. The molecule has 116 valence electrons. The molecule has 0 aliphatic rings. The number of hydrogen-bond donors (Lipinski definition) is 2. The number of hydrogen-bond acceptors (Lipinski definition) is 3. The van der Waals surface area contributed by atoms with E-state index in [1.165, 1.54) is 0 Å². The molecule has 22 heavy (non-hydrogen) atoms. The van der Waals surface area contributed by atoms with Crippen LogP contribution in [0.25, 0.3) is 0 Å². The number of amides is 1. The van der Waals surface area contributed by atoms with E-state index in [1.807, 2.05) is 72.6 Å². The van der Waals surface area contributed by atoms with E-state index in [0.29, 0.717) is 6.42 Å². The van der Waals surface area contributed by atoms with Crippen molar-refractivity contribution in [1.29, 1.82) is 0 Å².